The van der Waals surface area contributed by atoms with Crippen molar-refractivity contribution >= 4 is 0 Å². The molecule has 0 fully saturated rings. The molecule has 2 heteroatoms. The van der Waals surface area contributed by atoms with Gasteiger partial charge >= 0.3 is 0 Å². The maximum Gasteiger partial charge on any atom is 0.124 e. The highest BCUT2D eigenvalue weighted by molar-refractivity contribution is 5.70. The predicted molar refractivity (Wildman–Crippen MR) is 78.4 cm³/mol. The van der Waals surface area contributed by atoms with Crippen molar-refractivity contribution in [2.75, 3.05) is 7.11 Å². The van der Waals surface area contributed by atoms with Crippen LogP contribution in [-0.2, 0) is 6.61 Å². The fourth-order valence-corrected chi connectivity index (χ4v) is 2.31. The molecule has 0 spiro atoms. The summed E-state index contributed by atoms with van der Waals surface area (Å²) in [6.07, 6.45) is 0. The lowest BCUT2D eigenvalue weighted by atomic mass is 9.92. The van der Waals surface area contributed by atoms with Gasteiger partial charge in [-0.05, 0) is 28.7 Å². The second-order valence-electron chi connectivity index (χ2n) is 4.93. The first-order valence-electron chi connectivity index (χ1n) is 6.54. The second-order valence-corrected chi connectivity index (χ2v) is 4.93. The maximum atomic E-state index is 9.27. The van der Waals surface area contributed by atoms with Crippen LogP contribution in [0.2, 0.25) is 0 Å². The Balaban J connectivity index is 2.53. The van der Waals surface area contributed by atoms with Crippen LogP contribution in [-0.4, -0.2) is 12.2 Å². The Kier molecular flexibility index (Phi) is 4.23. The van der Waals surface area contributed by atoms with Crippen LogP contribution in [0.1, 0.15) is 30.9 Å². The highest BCUT2D eigenvalue weighted by Crippen LogP contribution is 2.32. The minimum Gasteiger partial charge on any atom is -0.496 e. The highest BCUT2D eigenvalue weighted by Gasteiger charge is 2.10. The largest absolute Gasteiger partial charge is 0.496 e. The fraction of sp³-hybridized carbons (Fsp3) is 0.294. The van der Waals surface area contributed by atoms with Gasteiger partial charge in [0.2, 0.25) is 0 Å². The molecule has 0 radical (unpaired) electrons. The Morgan fingerprint density at radius 2 is 1.84 bits per heavy atom. The minimum absolute atomic E-state index is 0.00468. The number of methoxy groups -OCH3 is 1. The van der Waals surface area contributed by atoms with E-state index < -0.39 is 0 Å². The molecule has 0 saturated heterocycles. The topological polar surface area (TPSA) is 29.5 Å². The Bertz CT molecular complexity index is 559. The Morgan fingerprint density at radius 1 is 1.11 bits per heavy atom. The number of aliphatic hydroxyl groups is 1. The molecular weight excluding hydrogens is 236 g/mol. The Labute approximate surface area is 114 Å². The molecule has 100 valence electrons. The van der Waals surface area contributed by atoms with Gasteiger partial charge in [-0.2, -0.15) is 0 Å². The molecule has 0 saturated carbocycles. The normalized spacial score (nSPS) is 10.8. The van der Waals surface area contributed by atoms with Crippen LogP contribution in [0.3, 0.4) is 0 Å². The van der Waals surface area contributed by atoms with Crippen LogP contribution < -0.4 is 4.74 Å². The van der Waals surface area contributed by atoms with Crippen molar-refractivity contribution < 1.29 is 9.84 Å². The lowest BCUT2D eigenvalue weighted by Crippen LogP contribution is -1.95. The van der Waals surface area contributed by atoms with Crippen molar-refractivity contribution in [2.45, 2.75) is 26.4 Å². The van der Waals surface area contributed by atoms with Gasteiger partial charge in [-0.1, -0.05) is 50.2 Å². The molecule has 0 bridgehead atoms. The predicted octanol–water partition coefficient (Wildman–Crippen LogP) is 3.98. The third-order valence-corrected chi connectivity index (χ3v) is 3.35. The molecule has 0 amide bonds. The number of benzene rings is 2. The van der Waals surface area contributed by atoms with E-state index in [1.54, 1.807) is 7.11 Å². The second kappa shape index (κ2) is 5.89. The zero-order valence-electron chi connectivity index (χ0n) is 11.7. The zero-order valence-corrected chi connectivity index (χ0v) is 11.7. The van der Waals surface area contributed by atoms with Gasteiger partial charge in [0.05, 0.1) is 13.7 Å². The summed E-state index contributed by atoms with van der Waals surface area (Å²) in [7, 11) is 1.63. The van der Waals surface area contributed by atoms with E-state index in [0.717, 1.165) is 16.9 Å². The first-order valence-corrected chi connectivity index (χ1v) is 6.54. The lowest BCUT2D eigenvalue weighted by molar-refractivity contribution is 0.274. The van der Waals surface area contributed by atoms with Gasteiger partial charge in [-0.25, -0.2) is 0 Å². The summed E-state index contributed by atoms with van der Waals surface area (Å²) in [5, 5.41) is 9.27. The molecule has 0 unspecified atom stereocenters. The number of rotatable bonds is 4. The number of aliphatic hydroxyl groups excluding tert-OH is 1. The van der Waals surface area contributed by atoms with Crippen LogP contribution >= 0.6 is 0 Å². The highest BCUT2D eigenvalue weighted by atomic mass is 16.5. The van der Waals surface area contributed by atoms with Crippen LogP contribution in [0.4, 0.5) is 0 Å². The Hall–Kier alpha value is -1.80. The average Bonchev–Trinajstić information content (AvgIpc) is 2.46. The quantitative estimate of drug-likeness (QED) is 0.896. The van der Waals surface area contributed by atoms with Crippen LogP contribution in [0.15, 0.2) is 42.5 Å². The van der Waals surface area contributed by atoms with Gasteiger partial charge in [0.15, 0.2) is 0 Å². The summed E-state index contributed by atoms with van der Waals surface area (Å²) in [6, 6.07) is 14.4. The summed E-state index contributed by atoms with van der Waals surface area (Å²) in [5.74, 6) is 1.21. The lowest BCUT2D eigenvalue weighted by Gasteiger charge is -2.14. The molecule has 1 N–H and O–H groups in total. The van der Waals surface area contributed by atoms with Crippen LogP contribution in [0, 0.1) is 0 Å². The molecular formula is C17H20O2. The van der Waals surface area contributed by atoms with Crippen molar-refractivity contribution in [3.63, 3.8) is 0 Å². The van der Waals surface area contributed by atoms with E-state index in [1.807, 2.05) is 24.3 Å². The van der Waals surface area contributed by atoms with Gasteiger partial charge < -0.3 is 9.84 Å². The standard InChI is InChI=1S/C17H20O2/c1-12(2)15-6-4-5-7-16(15)13-8-9-14(11-18)17(10-13)19-3/h4-10,12,18H,11H2,1-3H3. The summed E-state index contributed by atoms with van der Waals surface area (Å²) < 4.78 is 5.34. The van der Waals surface area contributed by atoms with E-state index in [-0.39, 0.29) is 6.61 Å². The molecule has 0 atom stereocenters. The molecule has 0 aliphatic carbocycles. The number of hydrogen-bond donors (Lipinski definition) is 1. The van der Waals surface area contributed by atoms with Crippen molar-refractivity contribution in [3.8, 4) is 16.9 Å². The monoisotopic (exact) mass is 256 g/mol. The summed E-state index contributed by atoms with van der Waals surface area (Å²) in [5.41, 5.74) is 4.48. The zero-order chi connectivity index (χ0) is 13.8. The molecule has 2 nitrogen and oxygen atoms in total. The van der Waals surface area contributed by atoms with Gasteiger partial charge in [-0.15, -0.1) is 0 Å². The molecule has 2 aromatic rings. The molecule has 0 aliphatic rings. The number of hydrogen-bond acceptors (Lipinski definition) is 2. The molecule has 19 heavy (non-hydrogen) atoms. The fourth-order valence-electron chi connectivity index (χ4n) is 2.31. The van der Waals surface area contributed by atoms with Crippen LogP contribution in [0.25, 0.3) is 11.1 Å². The number of ether oxygens (including phenoxy) is 1. The van der Waals surface area contributed by atoms with E-state index in [4.69, 9.17) is 4.74 Å². The van der Waals surface area contributed by atoms with E-state index in [0.29, 0.717) is 5.92 Å². The van der Waals surface area contributed by atoms with Gasteiger partial charge in [-0.3, -0.25) is 0 Å². The first kappa shape index (κ1) is 13.6. The van der Waals surface area contributed by atoms with Crippen molar-refractivity contribution in [3.05, 3.63) is 53.6 Å². The molecule has 2 rings (SSSR count). The SMILES string of the molecule is COc1cc(-c2ccccc2C(C)C)ccc1CO. The maximum absolute atomic E-state index is 9.27. The van der Waals surface area contributed by atoms with Gasteiger partial charge in [0.1, 0.15) is 5.75 Å². The third kappa shape index (κ3) is 2.79. The van der Waals surface area contributed by atoms with E-state index in [2.05, 4.69) is 32.0 Å². The van der Waals surface area contributed by atoms with Crippen molar-refractivity contribution in [1.29, 1.82) is 0 Å². The van der Waals surface area contributed by atoms with Gasteiger partial charge in [0, 0.05) is 5.56 Å². The summed E-state index contributed by atoms with van der Waals surface area (Å²) >= 11 is 0. The summed E-state index contributed by atoms with van der Waals surface area (Å²) in [4.78, 5) is 0. The molecule has 0 aliphatic heterocycles. The summed E-state index contributed by atoms with van der Waals surface area (Å²) in [6.45, 7) is 4.38. The van der Waals surface area contributed by atoms with Crippen molar-refractivity contribution in [1.82, 2.24) is 0 Å². The first-order chi connectivity index (χ1) is 9.17. The molecule has 0 aromatic heterocycles. The van der Waals surface area contributed by atoms with Crippen molar-refractivity contribution in [2.24, 2.45) is 0 Å². The molecule has 2 aromatic carbocycles. The smallest absolute Gasteiger partial charge is 0.124 e. The minimum atomic E-state index is -0.00468. The van der Waals surface area contributed by atoms with Crippen LogP contribution in [0.5, 0.6) is 5.75 Å². The van der Waals surface area contributed by atoms with E-state index in [1.165, 1.54) is 11.1 Å². The van der Waals surface area contributed by atoms with E-state index >= 15 is 0 Å². The third-order valence-electron chi connectivity index (χ3n) is 3.35. The van der Waals surface area contributed by atoms with E-state index in [9.17, 15) is 5.11 Å². The molecule has 0 heterocycles. The Morgan fingerprint density at radius 3 is 2.47 bits per heavy atom. The van der Waals surface area contributed by atoms with Gasteiger partial charge in [0.25, 0.3) is 0 Å². The average molecular weight is 256 g/mol.